The number of nitrogens with one attached hydrogen (secondary N) is 1. The molecule has 0 spiro atoms. The van der Waals surface area contributed by atoms with Crippen molar-refractivity contribution in [3.8, 4) is 11.5 Å². The number of hydrogen-bond acceptors (Lipinski definition) is 4. The molecule has 1 aromatic carbocycles. The molecule has 0 aliphatic heterocycles. The molecule has 5 heteroatoms. The van der Waals surface area contributed by atoms with E-state index in [1.165, 1.54) is 0 Å². The third-order valence-corrected chi connectivity index (χ3v) is 2.66. The SMILES string of the molecule is COc1ccc(CNCc2ccco2)cc1OC.[Cl-]. The van der Waals surface area contributed by atoms with Gasteiger partial charge < -0.3 is 31.6 Å². The lowest BCUT2D eigenvalue weighted by molar-refractivity contribution is -0.00000477. The van der Waals surface area contributed by atoms with Crippen LogP contribution < -0.4 is 27.2 Å². The van der Waals surface area contributed by atoms with E-state index in [0.29, 0.717) is 6.54 Å². The Balaban J connectivity index is 0.00000180. The molecular formula is C14H17ClNO3-. The van der Waals surface area contributed by atoms with Crippen LogP contribution in [0.25, 0.3) is 0 Å². The maximum absolute atomic E-state index is 5.26. The zero-order chi connectivity index (χ0) is 12.8. The Morgan fingerprint density at radius 3 is 2.47 bits per heavy atom. The van der Waals surface area contributed by atoms with Crippen molar-refractivity contribution in [2.45, 2.75) is 13.1 Å². The lowest BCUT2D eigenvalue weighted by Gasteiger charge is -2.09. The summed E-state index contributed by atoms with van der Waals surface area (Å²) in [5, 5.41) is 3.30. The molecule has 0 fully saturated rings. The molecule has 0 atom stereocenters. The van der Waals surface area contributed by atoms with Crippen LogP contribution in [0.2, 0.25) is 0 Å². The molecule has 0 saturated heterocycles. The second-order valence-electron chi connectivity index (χ2n) is 3.87. The summed E-state index contributed by atoms with van der Waals surface area (Å²) in [7, 11) is 3.27. The molecule has 1 heterocycles. The second kappa shape index (κ2) is 7.71. The zero-order valence-electron chi connectivity index (χ0n) is 11.0. The van der Waals surface area contributed by atoms with Crippen LogP contribution in [-0.2, 0) is 13.1 Å². The Kier molecular flexibility index (Phi) is 6.25. The van der Waals surface area contributed by atoms with Crippen LogP contribution in [0.15, 0.2) is 41.0 Å². The van der Waals surface area contributed by atoms with Gasteiger partial charge in [-0.2, -0.15) is 0 Å². The highest BCUT2D eigenvalue weighted by Crippen LogP contribution is 2.27. The molecule has 0 radical (unpaired) electrons. The van der Waals surface area contributed by atoms with Crippen LogP contribution in [0.4, 0.5) is 0 Å². The van der Waals surface area contributed by atoms with E-state index in [9.17, 15) is 0 Å². The van der Waals surface area contributed by atoms with Gasteiger partial charge in [0.05, 0.1) is 27.0 Å². The summed E-state index contributed by atoms with van der Waals surface area (Å²) in [6, 6.07) is 9.71. The van der Waals surface area contributed by atoms with Gasteiger partial charge in [-0.3, -0.25) is 0 Å². The Labute approximate surface area is 119 Å². The van der Waals surface area contributed by atoms with Crippen LogP contribution in [0.3, 0.4) is 0 Å². The maximum atomic E-state index is 5.26. The molecule has 19 heavy (non-hydrogen) atoms. The molecule has 4 nitrogen and oxygen atoms in total. The van der Waals surface area contributed by atoms with Gasteiger partial charge in [-0.05, 0) is 29.8 Å². The number of hydrogen-bond donors (Lipinski definition) is 1. The van der Waals surface area contributed by atoms with Gasteiger partial charge in [0, 0.05) is 6.54 Å². The first kappa shape index (κ1) is 15.4. The Hall–Kier alpha value is -1.65. The van der Waals surface area contributed by atoms with Gasteiger partial charge in [0.1, 0.15) is 5.76 Å². The predicted molar refractivity (Wildman–Crippen MR) is 68.8 cm³/mol. The minimum absolute atomic E-state index is 0. The van der Waals surface area contributed by atoms with Gasteiger partial charge in [-0.15, -0.1) is 0 Å². The lowest BCUT2D eigenvalue weighted by atomic mass is 10.2. The number of ether oxygens (including phenoxy) is 2. The van der Waals surface area contributed by atoms with Crippen molar-refractivity contribution < 1.29 is 26.3 Å². The fourth-order valence-electron chi connectivity index (χ4n) is 1.73. The second-order valence-corrected chi connectivity index (χ2v) is 3.87. The van der Waals surface area contributed by atoms with Crippen molar-refractivity contribution in [1.29, 1.82) is 0 Å². The number of benzene rings is 1. The molecule has 0 aliphatic carbocycles. The Morgan fingerprint density at radius 2 is 1.84 bits per heavy atom. The van der Waals surface area contributed by atoms with Gasteiger partial charge in [0.25, 0.3) is 0 Å². The van der Waals surface area contributed by atoms with E-state index in [2.05, 4.69) is 5.32 Å². The fourth-order valence-corrected chi connectivity index (χ4v) is 1.73. The van der Waals surface area contributed by atoms with Gasteiger partial charge in [-0.25, -0.2) is 0 Å². The highest BCUT2D eigenvalue weighted by Gasteiger charge is 2.04. The molecule has 1 N–H and O–H groups in total. The highest BCUT2D eigenvalue weighted by atomic mass is 35.5. The van der Waals surface area contributed by atoms with Crippen molar-refractivity contribution in [2.75, 3.05) is 14.2 Å². The average molecular weight is 283 g/mol. The van der Waals surface area contributed by atoms with E-state index in [0.717, 1.165) is 29.4 Å². The summed E-state index contributed by atoms with van der Waals surface area (Å²) in [6.07, 6.45) is 1.67. The third-order valence-electron chi connectivity index (χ3n) is 2.66. The van der Waals surface area contributed by atoms with Gasteiger partial charge >= 0.3 is 0 Å². The van der Waals surface area contributed by atoms with E-state index in [1.54, 1.807) is 20.5 Å². The molecule has 0 bridgehead atoms. The van der Waals surface area contributed by atoms with E-state index < -0.39 is 0 Å². The monoisotopic (exact) mass is 282 g/mol. The topological polar surface area (TPSA) is 43.6 Å². The predicted octanol–water partition coefficient (Wildman–Crippen LogP) is -0.409. The molecule has 0 unspecified atom stereocenters. The molecule has 104 valence electrons. The first-order chi connectivity index (χ1) is 8.83. The largest absolute Gasteiger partial charge is 1.00 e. The van der Waals surface area contributed by atoms with Crippen molar-refractivity contribution in [1.82, 2.24) is 5.32 Å². The van der Waals surface area contributed by atoms with E-state index in [4.69, 9.17) is 13.9 Å². The first-order valence-electron chi connectivity index (χ1n) is 5.77. The summed E-state index contributed by atoms with van der Waals surface area (Å²) in [4.78, 5) is 0. The number of rotatable bonds is 6. The molecule has 2 rings (SSSR count). The van der Waals surface area contributed by atoms with Crippen molar-refractivity contribution in [3.63, 3.8) is 0 Å². The quantitative estimate of drug-likeness (QED) is 0.782. The smallest absolute Gasteiger partial charge is 0.161 e. The summed E-state index contributed by atoms with van der Waals surface area (Å²) >= 11 is 0. The van der Waals surface area contributed by atoms with E-state index in [1.807, 2.05) is 30.3 Å². The standard InChI is InChI=1S/C14H17NO3.ClH/c1-16-13-6-5-11(8-14(13)17-2)9-15-10-12-4-3-7-18-12;/h3-8,15H,9-10H2,1-2H3;1H/p-1. The van der Waals surface area contributed by atoms with Crippen LogP contribution in [0.1, 0.15) is 11.3 Å². The van der Waals surface area contributed by atoms with Gasteiger partial charge in [-0.1, -0.05) is 6.07 Å². The molecule has 0 saturated carbocycles. The summed E-state index contributed by atoms with van der Waals surface area (Å²) in [5.74, 6) is 2.41. The van der Waals surface area contributed by atoms with Crippen LogP contribution in [-0.4, -0.2) is 14.2 Å². The van der Waals surface area contributed by atoms with Crippen LogP contribution in [0.5, 0.6) is 11.5 Å². The summed E-state index contributed by atoms with van der Waals surface area (Å²) in [6.45, 7) is 1.46. The molecule has 0 amide bonds. The molecule has 0 aliphatic rings. The molecular weight excluding hydrogens is 266 g/mol. The number of halogens is 1. The number of methoxy groups -OCH3 is 2. The third kappa shape index (κ3) is 4.19. The van der Waals surface area contributed by atoms with Crippen LogP contribution >= 0.6 is 0 Å². The lowest BCUT2D eigenvalue weighted by Crippen LogP contribution is -3.00. The molecule has 1 aromatic heterocycles. The van der Waals surface area contributed by atoms with E-state index >= 15 is 0 Å². The van der Waals surface area contributed by atoms with E-state index in [-0.39, 0.29) is 12.4 Å². The van der Waals surface area contributed by atoms with Crippen LogP contribution in [0, 0.1) is 0 Å². The highest BCUT2D eigenvalue weighted by molar-refractivity contribution is 5.42. The summed E-state index contributed by atoms with van der Waals surface area (Å²) in [5.41, 5.74) is 1.14. The minimum Gasteiger partial charge on any atom is -1.00 e. The first-order valence-corrected chi connectivity index (χ1v) is 5.77. The van der Waals surface area contributed by atoms with Gasteiger partial charge in [0.15, 0.2) is 11.5 Å². The van der Waals surface area contributed by atoms with Crippen molar-refractivity contribution in [2.24, 2.45) is 0 Å². The minimum atomic E-state index is 0. The van der Waals surface area contributed by atoms with Gasteiger partial charge in [0.2, 0.25) is 0 Å². The summed E-state index contributed by atoms with van der Waals surface area (Å²) < 4.78 is 15.7. The van der Waals surface area contributed by atoms with Crippen molar-refractivity contribution in [3.05, 3.63) is 47.9 Å². The zero-order valence-corrected chi connectivity index (χ0v) is 11.7. The molecule has 2 aromatic rings. The van der Waals surface area contributed by atoms with Crippen molar-refractivity contribution >= 4 is 0 Å². The number of furan rings is 1. The maximum Gasteiger partial charge on any atom is 0.161 e. The Morgan fingerprint density at radius 1 is 1.05 bits per heavy atom. The normalized spacial score (nSPS) is 9.79. The fraction of sp³-hybridized carbons (Fsp3) is 0.286. The average Bonchev–Trinajstić information content (AvgIpc) is 2.91. The Bertz CT molecular complexity index is 485.